The molecule has 3 heteroatoms. The number of carbonyl (C=O) groups excluding carboxylic acids is 1. The number of nitrogens with one attached hydrogen (secondary N) is 1. The van der Waals surface area contributed by atoms with Gasteiger partial charge in [-0.1, -0.05) is 11.6 Å². The van der Waals surface area contributed by atoms with Crippen LogP contribution in [0.5, 0.6) is 0 Å². The third-order valence-corrected chi connectivity index (χ3v) is 3.25. The SMILES string of the molecule is CC1=CCN(C(=O)C(C)=C2CNC2)CC1. The van der Waals surface area contributed by atoms with Crippen LogP contribution in [0.3, 0.4) is 0 Å². The van der Waals surface area contributed by atoms with Crippen molar-refractivity contribution in [3.8, 4) is 0 Å². The van der Waals surface area contributed by atoms with E-state index in [0.717, 1.165) is 38.2 Å². The van der Waals surface area contributed by atoms with Gasteiger partial charge in [-0.2, -0.15) is 0 Å². The fraction of sp³-hybridized carbons (Fsp3) is 0.583. The van der Waals surface area contributed by atoms with E-state index >= 15 is 0 Å². The maximum absolute atomic E-state index is 12.1. The number of hydrogen-bond donors (Lipinski definition) is 1. The number of carbonyl (C=O) groups is 1. The lowest BCUT2D eigenvalue weighted by molar-refractivity contribution is -0.126. The highest BCUT2D eigenvalue weighted by molar-refractivity contribution is 5.94. The summed E-state index contributed by atoms with van der Waals surface area (Å²) in [7, 11) is 0. The Kier molecular flexibility index (Phi) is 2.91. The summed E-state index contributed by atoms with van der Waals surface area (Å²) in [6.45, 7) is 7.51. The Balaban J connectivity index is 2.02. The van der Waals surface area contributed by atoms with Crippen LogP contribution in [0.2, 0.25) is 0 Å². The van der Waals surface area contributed by atoms with Crippen molar-refractivity contribution in [1.82, 2.24) is 10.2 Å². The molecule has 0 aliphatic carbocycles. The summed E-state index contributed by atoms with van der Waals surface area (Å²) in [5.74, 6) is 0.218. The van der Waals surface area contributed by atoms with E-state index in [1.54, 1.807) is 0 Å². The minimum absolute atomic E-state index is 0.218. The van der Waals surface area contributed by atoms with Crippen LogP contribution in [0.25, 0.3) is 0 Å². The van der Waals surface area contributed by atoms with Gasteiger partial charge in [0.15, 0.2) is 0 Å². The van der Waals surface area contributed by atoms with Crippen LogP contribution >= 0.6 is 0 Å². The molecule has 0 saturated carbocycles. The molecule has 2 aliphatic heterocycles. The molecular weight excluding hydrogens is 188 g/mol. The average Bonchev–Trinajstić information content (AvgIpc) is 2.15. The maximum atomic E-state index is 12.1. The van der Waals surface area contributed by atoms with E-state index in [1.165, 1.54) is 11.1 Å². The van der Waals surface area contributed by atoms with Crippen molar-refractivity contribution in [2.75, 3.05) is 26.2 Å². The predicted molar refractivity (Wildman–Crippen MR) is 60.5 cm³/mol. The van der Waals surface area contributed by atoms with Gasteiger partial charge in [-0.3, -0.25) is 4.79 Å². The van der Waals surface area contributed by atoms with Crippen LogP contribution in [0.15, 0.2) is 22.8 Å². The van der Waals surface area contributed by atoms with Gasteiger partial charge in [0.2, 0.25) is 5.91 Å². The van der Waals surface area contributed by atoms with Crippen molar-refractivity contribution in [1.29, 1.82) is 0 Å². The van der Waals surface area contributed by atoms with Crippen LogP contribution in [0, 0.1) is 0 Å². The van der Waals surface area contributed by atoms with Crippen LogP contribution in [0.4, 0.5) is 0 Å². The highest BCUT2D eigenvalue weighted by atomic mass is 16.2. The Morgan fingerprint density at radius 2 is 2.20 bits per heavy atom. The van der Waals surface area contributed by atoms with E-state index in [2.05, 4.69) is 18.3 Å². The molecule has 0 spiro atoms. The van der Waals surface area contributed by atoms with Gasteiger partial charge in [0, 0.05) is 31.8 Å². The lowest BCUT2D eigenvalue weighted by Crippen LogP contribution is -2.40. The standard InChI is InChI=1S/C12H18N2O/c1-9-3-5-14(6-4-9)12(15)10(2)11-7-13-8-11/h3,13H,4-8H2,1-2H3. The fourth-order valence-corrected chi connectivity index (χ4v) is 1.86. The smallest absolute Gasteiger partial charge is 0.249 e. The summed E-state index contributed by atoms with van der Waals surface area (Å²) in [5.41, 5.74) is 3.61. The molecule has 0 radical (unpaired) electrons. The number of amides is 1. The van der Waals surface area contributed by atoms with Gasteiger partial charge >= 0.3 is 0 Å². The molecular formula is C12H18N2O. The Bertz CT molecular complexity index is 336. The zero-order valence-electron chi connectivity index (χ0n) is 9.47. The average molecular weight is 206 g/mol. The highest BCUT2D eigenvalue weighted by Gasteiger charge is 2.21. The summed E-state index contributed by atoms with van der Waals surface area (Å²) in [6.07, 6.45) is 3.17. The molecule has 0 aromatic carbocycles. The Labute approximate surface area is 90.8 Å². The molecule has 0 unspecified atom stereocenters. The summed E-state index contributed by atoms with van der Waals surface area (Å²) < 4.78 is 0. The number of nitrogens with zero attached hydrogens (tertiary/aromatic N) is 1. The first-order chi connectivity index (χ1) is 7.18. The van der Waals surface area contributed by atoms with E-state index in [4.69, 9.17) is 0 Å². The fourth-order valence-electron chi connectivity index (χ4n) is 1.86. The van der Waals surface area contributed by atoms with E-state index < -0.39 is 0 Å². The van der Waals surface area contributed by atoms with Gasteiger partial charge in [0.05, 0.1) is 0 Å². The van der Waals surface area contributed by atoms with Crippen LogP contribution in [0.1, 0.15) is 20.3 Å². The van der Waals surface area contributed by atoms with E-state index in [-0.39, 0.29) is 5.91 Å². The summed E-state index contributed by atoms with van der Waals surface area (Å²) >= 11 is 0. The second-order valence-electron chi connectivity index (χ2n) is 4.38. The van der Waals surface area contributed by atoms with Gasteiger partial charge in [-0.05, 0) is 25.8 Å². The van der Waals surface area contributed by atoms with Crippen LogP contribution < -0.4 is 5.32 Å². The molecule has 82 valence electrons. The van der Waals surface area contributed by atoms with Crippen LogP contribution in [-0.4, -0.2) is 37.0 Å². The monoisotopic (exact) mass is 206 g/mol. The topological polar surface area (TPSA) is 32.3 Å². The van der Waals surface area contributed by atoms with E-state index in [9.17, 15) is 4.79 Å². The summed E-state index contributed by atoms with van der Waals surface area (Å²) in [5, 5.41) is 3.17. The summed E-state index contributed by atoms with van der Waals surface area (Å²) in [4.78, 5) is 14.0. The summed E-state index contributed by atoms with van der Waals surface area (Å²) in [6, 6.07) is 0. The first-order valence-electron chi connectivity index (χ1n) is 5.52. The number of hydrogen-bond acceptors (Lipinski definition) is 2. The molecule has 2 rings (SSSR count). The molecule has 2 heterocycles. The van der Waals surface area contributed by atoms with Gasteiger partial charge < -0.3 is 10.2 Å². The van der Waals surface area contributed by atoms with E-state index in [0.29, 0.717) is 0 Å². The van der Waals surface area contributed by atoms with E-state index in [1.807, 2.05) is 11.8 Å². The molecule has 1 saturated heterocycles. The Hall–Kier alpha value is -1.09. The molecule has 0 aromatic rings. The lowest BCUT2D eigenvalue weighted by atomic mass is 10.0. The highest BCUT2D eigenvalue weighted by Crippen LogP contribution is 2.15. The van der Waals surface area contributed by atoms with Gasteiger partial charge in [0.25, 0.3) is 0 Å². The predicted octanol–water partition coefficient (Wildman–Crippen LogP) is 1.08. The zero-order valence-corrected chi connectivity index (χ0v) is 9.47. The molecule has 0 atom stereocenters. The van der Waals surface area contributed by atoms with Crippen molar-refractivity contribution in [2.24, 2.45) is 0 Å². The van der Waals surface area contributed by atoms with Gasteiger partial charge in [0.1, 0.15) is 0 Å². The molecule has 0 bridgehead atoms. The van der Waals surface area contributed by atoms with Gasteiger partial charge in [-0.25, -0.2) is 0 Å². The van der Waals surface area contributed by atoms with Gasteiger partial charge in [-0.15, -0.1) is 0 Å². The third-order valence-electron chi connectivity index (χ3n) is 3.25. The second kappa shape index (κ2) is 4.19. The van der Waals surface area contributed by atoms with Crippen molar-refractivity contribution in [3.05, 3.63) is 22.8 Å². The zero-order chi connectivity index (χ0) is 10.8. The molecule has 1 N–H and O–H groups in total. The molecule has 15 heavy (non-hydrogen) atoms. The Morgan fingerprint density at radius 3 is 2.67 bits per heavy atom. The third kappa shape index (κ3) is 2.12. The first kappa shape index (κ1) is 10.4. The second-order valence-corrected chi connectivity index (χ2v) is 4.38. The van der Waals surface area contributed by atoms with Crippen molar-refractivity contribution in [3.63, 3.8) is 0 Å². The van der Waals surface area contributed by atoms with Crippen LogP contribution in [-0.2, 0) is 4.79 Å². The van der Waals surface area contributed by atoms with Crippen molar-refractivity contribution < 1.29 is 4.79 Å². The minimum Gasteiger partial charge on any atom is -0.335 e. The minimum atomic E-state index is 0.218. The molecule has 0 aromatic heterocycles. The lowest BCUT2D eigenvalue weighted by Gasteiger charge is -2.28. The largest absolute Gasteiger partial charge is 0.335 e. The van der Waals surface area contributed by atoms with Crippen molar-refractivity contribution >= 4 is 5.91 Å². The van der Waals surface area contributed by atoms with Crippen molar-refractivity contribution in [2.45, 2.75) is 20.3 Å². The first-order valence-corrected chi connectivity index (χ1v) is 5.52. The molecule has 3 nitrogen and oxygen atoms in total. The molecule has 1 amide bonds. The molecule has 1 fully saturated rings. The quantitative estimate of drug-likeness (QED) is 0.514. The Morgan fingerprint density at radius 1 is 1.47 bits per heavy atom. The maximum Gasteiger partial charge on any atom is 0.249 e. The molecule has 2 aliphatic rings. The number of rotatable bonds is 1. The normalized spacial score (nSPS) is 20.8.